The summed E-state index contributed by atoms with van der Waals surface area (Å²) in [6, 6.07) is 5.24. The van der Waals surface area contributed by atoms with Crippen LogP contribution in [0.1, 0.15) is 18.4 Å². The highest BCUT2D eigenvalue weighted by molar-refractivity contribution is 6.30. The van der Waals surface area contributed by atoms with E-state index < -0.39 is 42.0 Å². The third-order valence-electron chi connectivity index (χ3n) is 5.58. The van der Waals surface area contributed by atoms with E-state index in [0.29, 0.717) is 10.6 Å². The minimum absolute atomic E-state index is 0.00831. The molecule has 2 aliphatic rings. The molecular weight excluding hydrogens is 470 g/mol. The van der Waals surface area contributed by atoms with Crippen molar-refractivity contribution in [2.45, 2.75) is 42.9 Å². The normalized spacial score (nSPS) is 24.2. The molecule has 2 aliphatic heterocycles. The molecule has 1 aromatic rings. The van der Waals surface area contributed by atoms with Gasteiger partial charge in [-0.15, -0.1) is 0 Å². The highest BCUT2D eigenvalue weighted by atomic mass is 35.5. The third kappa shape index (κ3) is 5.46. The highest BCUT2D eigenvalue weighted by Crippen LogP contribution is 2.40. The number of benzene rings is 1. The van der Waals surface area contributed by atoms with Gasteiger partial charge in [-0.1, -0.05) is 23.7 Å². The van der Waals surface area contributed by atoms with E-state index >= 15 is 0 Å². The summed E-state index contributed by atoms with van der Waals surface area (Å²) in [6.45, 7) is 0.431. The topological polar surface area (TPSA) is 67.9 Å². The van der Waals surface area contributed by atoms with E-state index in [0.717, 1.165) is 0 Å². The average Bonchev–Trinajstić information content (AvgIpc) is 3.15. The lowest BCUT2D eigenvalue weighted by atomic mass is 9.83. The van der Waals surface area contributed by atoms with Crippen molar-refractivity contribution >= 4 is 23.5 Å². The second kappa shape index (κ2) is 9.06. The van der Waals surface area contributed by atoms with E-state index in [-0.39, 0.29) is 39.0 Å². The molecule has 1 N–H and O–H groups in total. The number of hydrogen-bond donors (Lipinski definition) is 1. The van der Waals surface area contributed by atoms with Crippen molar-refractivity contribution in [3.63, 3.8) is 0 Å². The quantitative estimate of drug-likeness (QED) is 0.519. The first-order chi connectivity index (χ1) is 14.8. The fourth-order valence-electron chi connectivity index (χ4n) is 3.99. The van der Waals surface area contributed by atoms with Crippen LogP contribution in [0.4, 0.5) is 26.3 Å². The molecule has 2 atom stereocenters. The number of esters is 2. The van der Waals surface area contributed by atoms with Gasteiger partial charge in [-0.3, -0.25) is 4.90 Å². The van der Waals surface area contributed by atoms with Crippen molar-refractivity contribution in [1.29, 1.82) is 0 Å². The Kier molecular flexibility index (Phi) is 6.97. The van der Waals surface area contributed by atoms with E-state index in [1.54, 1.807) is 4.90 Å². The monoisotopic (exact) mass is 488 g/mol. The van der Waals surface area contributed by atoms with Gasteiger partial charge in [0.2, 0.25) is 0 Å². The van der Waals surface area contributed by atoms with Crippen LogP contribution >= 0.6 is 11.6 Å². The Labute approximate surface area is 183 Å². The highest BCUT2D eigenvalue weighted by Gasteiger charge is 2.50. The van der Waals surface area contributed by atoms with E-state index in [1.165, 1.54) is 24.3 Å². The van der Waals surface area contributed by atoms with Gasteiger partial charge in [0.15, 0.2) is 0 Å². The molecule has 1 aromatic carbocycles. The van der Waals surface area contributed by atoms with Crippen LogP contribution in [0.25, 0.3) is 0 Å². The predicted molar refractivity (Wildman–Crippen MR) is 98.7 cm³/mol. The molecule has 2 fully saturated rings. The average molecular weight is 489 g/mol. The zero-order valence-corrected chi connectivity index (χ0v) is 17.2. The molecular formula is C19H19ClF6N2O4. The van der Waals surface area contributed by atoms with Gasteiger partial charge in [0.25, 0.3) is 0 Å². The molecule has 0 aromatic heterocycles. The molecule has 2 heterocycles. The van der Waals surface area contributed by atoms with Gasteiger partial charge in [0, 0.05) is 44.0 Å². The molecule has 1 unspecified atom stereocenters. The van der Waals surface area contributed by atoms with Gasteiger partial charge in [0.1, 0.15) is 11.7 Å². The zero-order chi connectivity index (χ0) is 23.7. The molecule has 0 aliphatic carbocycles. The lowest BCUT2D eigenvalue weighted by Crippen LogP contribution is -2.53. The molecule has 0 amide bonds. The largest absolute Gasteiger partial charge is 0.490 e. The van der Waals surface area contributed by atoms with Crippen LogP contribution in [0.5, 0.6) is 0 Å². The van der Waals surface area contributed by atoms with Crippen LogP contribution in [0.15, 0.2) is 24.3 Å². The third-order valence-corrected chi connectivity index (χ3v) is 5.83. The maximum Gasteiger partial charge on any atom is 0.490 e. The summed E-state index contributed by atoms with van der Waals surface area (Å²) >= 11 is 5.85. The first-order valence-electron chi connectivity index (χ1n) is 9.61. The Morgan fingerprint density at radius 1 is 0.969 bits per heavy atom. The van der Waals surface area contributed by atoms with E-state index in [1.807, 2.05) is 0 Å². The van der Waals surface area contributed by atoms with Crippen LogP contribution in [-0.2, 0) is 24.7 Å². The summed E-state index contributed by atoms with van der Waals surface area (Å²) < 4.78 is 85.8. The maximum absolute atomic E-state index is 12.9. The van der Waals surface area contributed by atoms with Crippen LogP contribution in [-0.4, -0.2) is 67.5 Å². The molecule has 178 valence electrons. The summed E-state index contributed by atoms with van der Waals surface area (Å²) in [5.41, 5.74) is -1.26. The Morgan fingerprint density at radius 2 is 1.53 bits per heavy atom. The van der Waals surface area contributed by atoms with Crippen molar-refractivity contribution in [3.05, 3.63) is 34.9 Å². The summed E-state index contributed by atoms with van der Waals surface area (Å²) in [6.07, 6.45) is -11.5. The second-order valence-electron chi connectivity index (χ2n) is 7.59. The molecule has 0 saturated carbocycles. The smallest absolute Gasteiger partial charge is 0.453 e. The molecule has 0 bridgehead atoms. The van der Waals surface area contributed by atoms with Crippen molar-refractivity contribution in [2.75, 3.05) is 26.2 Å². The molecule has 6 nitrogen and oxygen atoms in total. The van der Waals surface area contributed by atoms with Gasteiger partial charge in [0.05, 0.1) is 6.04 Å². The van der Waals surface area contributed by atoms with Crippen LogP contribution in [0.3, 0.4) is 0 Å². The first kappa shape index (κ1) is 24.6. The number of carbonyl (C=O) groups excluding carboxylic acids is 2. The first-order valence-corrected chi connectivity index (χ1v) is 9.98. The van der Waals surface area contributed by atoms with Gasteiger partial charge in [-0.2, -0.15) is 26.3 Å². The molecule has 3 rings (SSSR count). The number of nitrogens with zero attached hydrogens (tertiary/aromatic N) is 1. The Hall–Kier alpha value is -2.05. The van der Waals surface area contributed by atoms with Crippen molar-refractivity contribution in [3.8, 4) is 0 Å². The molecule has 0 spiro atoms. The number of rotatable bonds is 4. The minimum atomic E-state index is -5.19. The maximum atomic E-state index is 12.9. The number of nitrogens with one attached hydrogen (secondary N) is 1. The van der Waals surface area contributed by atoms with Crippen LogP contribution in [0, 0.1) is 0 Å². The Bertz CT molecular complexity index is 838. The Morgan fingerprint density at radius 3 is 2.06 bits per heavy atom. The van der Waals surface area contributed by atoms with E-state index in [9.17, 15) is 35.9 Å². The van der Waals surface area contributed by atoms with Crippen molar-refractivity contribution < 1.29 is 45.4 Å². The number of hydrogen-bond acceptors (Lipinski definition) is 6. The number of carbonyl (C=O) groups is 2. The SMILES string of the molecule is O=C(OC1CNC[C@@H]1N1CCC(OC(=O)C(F)(F)F)(c2ccc(Cl)cc2)CC1)C(F)(F)F. The zero-order valence-electron chi connectivity index (χ0n) is 16.4. The van der Waals surface area contributed by atoms with Crippen molar-refractivity contribution in [1.82, 2.24) is 10.2 Å². The summed E-state index contributed by atoms with van der Waals surface area (Å²) in [4.78, 5) is 24.5. The number of halogens is 7. The summed E-state index contributed by atoms with van der Waals surface area (Å²) in [5, 5.41) is 3.19. The predicted octanol–water partition coefficient (Wildman–Crippen LogP) is 3.18. The molecule has 13 heteroatoms. The van der Waals surface area contributed by atoms with Crippen LogP contribution in [0.2, 0.25) is 5.02 Å². The summed E-state index contributed by atoms with van der Waals surface area (Å²) in [5.74, 6) is -4.64. The fourth-order valence-corrected chi connectivity index (χ4v) is 4.11. The van der Waals surface area contributed by atoms with Crippen LogP contribution < -0.4 is 5.32 Å². The van der Waals surface area contributed by atoms with E-state index in [4.69, 9.17) is 16.3 Å². The standard InChI is InChI=1S/C19H19ClF6N2O4/c20-12-3-1-11(2-4-12)17(32-16(30)19(24,25)26)5-7-28(8-6-17)13-9-27-10-14(13)31-15(29)18(21,22)23/h1-4,13-14,27H,5-10H2/t13-,14?/m0/s1. The van der Waals surface area contributed by atoms with Gasteiger partial charge in [-0.25, -0.2) is 9.59 Å². The molecule has 2 saturated heterocycles. The minimum Gasteiger partial charge on any atom is -0.453 e. The lowest BCUT2D eigenvalue weighted by Gasteiger charge is -2.44. The Balaban J connectivity index is 1.75. The van der Waals surface area contributed by atoms with E-state index in [2.05, 4.69) is 10.1 Å². The van der Waals surface area contributed by atoms with Gasteiger partial charge >= 0.3 is 24.3 Å². The number of likely N-dealkylation sites (tertiary alicyclic amines) is 1. The fraction of sp³-hybridized carbons (Fsp3) is 0.579. The number of ether oxygens (including phenoxy) is 2. The molecule has 32 heavy (non-hydrogen) atoms. The summed E-state index contributed by atoms with van der Waals surface area (Å²) in [7, 11) is 0. The van der Waals surface area contributed by atoms with Gasteiger partial charge in [-0.05, 0) is 17.7 Å². The van der Waals surface area contributed by atoms with Crippen molar-refractivity contribution in [2.24, 2.45) is 0 Å². The number of alkyl halides is 6. The lowest BCUT2D eigenvalue weighted by molar-refractivity contribution is -0.220. The second-order valence-corrected chi connectivity index (χ2v) is 8.03. The molecule has 0 radical (unpaired) electrons. The van der Waals surface area contributed by atoms with Gasteiger partial charge < -0.3 is 14.8 Å². The number of piperidine rings is 1.